The van der Waals surface area contributed by atoms with Crippen LogP contribution in [0.4, 0.5) is 0 Å². The van der Waals surface area contributed by atoms with E-state index in [0.29, 0.717) is 23.2 Å². The number of amides is 1. The van der Waals surface area contributed by atoms with Crippen molar-refractivity contribution in [1.82, 2.24) is 19.3 Å². The number of pyridine rings is 2. The van der Waals surface area contributed by atoms with E-state index in [1.54, 1.807) is 16.8 Å². The summed E-state index contributed by atoms with van der Waals surface area (Å²) in [5, 5.41) is 11.8. The Morgan fingerprint density at radius 1 is 1.17 bits per heavy atom. The third-order valence-electron chi connectivity index (χ3n) is 5.34. The Hall–Kier alpha value is -3.74. The number of aryl methyl sites for hydroxylation is 2. The van der Waals surface area contributed by atoms with Crippen LogP contribution in [0.3, 0.4) is 0 Å². The zero-order valence-electron chi connectivity index (χ0n) is 17.1. The number of aromatic nitrogens is 3. The Morgan fingerprint density at radius 3 is 2.60 bits per heavy atom. The molecule has 0 aliphatic carbocycles. The van der Waals surface area contributed by atoms with Gasteiger partial charge in [0, 0.05) is 12.7 Å². The topological polar surface area (TPSA) is 92.2 Å². The van der Waals surface area contributed by atoms with Crippen LogP contribution in [0.25, 0.3) is 16.7 Å². The largest absolute Gasteiger partial charge is 0.345 e. The van der Waals surface area contributed by atoms with Gasteiger partial charge in [-0.25, -0.2) is 4.98 Å². The lowest BCUT2D eigenvalue weighted by Crippen LogP contribution is -2.35. The lowest BCUT2D eigenvalue weighted by atomic mass is 10.1. The zero-order valence-corrected chi connectivity index (χ0v) is 17.1. The SMILES string of the molecule is CCn1c(=N)c(C(=O)N[C@H](C)c2ccccc2)cc2c(=O)n3cccc(C)c3nc21. The standard InChI is InChI=1S/C23H23N5O2/c1-4-27-19(24)17(22(29)25-15(3)16-10-6-5-7-11-16)13-18-21(27)26-20-14(2)9-8-12-28(20)23(18)30/h5-13,15,24H,4H2,1-3H3,(H,25,29)/t15-/m1/s1. The molecule has 7 nitrogen and oxygen atoms in total. The summed E-state index contributed by atoms with van der Waals surface area (Å²) >= 11 is 0. The molecule has 0 aliphatic heterocycles. The van der Waals surface area contributed by atoms with Crippen molar-refractivity contribution in [2.75, 3.05) is 0 Å². The summed E-state index contributed by atoms with van der Waals surface area (Å²) in [5.74, 6) is -0.394. The minimum Gasteiger partial charge on any atom is -0.345 e. The molecular formula is C23H23N5O2. The summed E-state index contributed by atoms with van der Waals surface area (Å²) in [4.78, 5) is 30.8. The second-order valence-corrected chi connectivity index (χ2v) is 7.30. The molecule has 2 N–H and O–H groups in total. The van der Waals surface area contributed by atoms with Crippen molar-refractivity contribution in [2.24, 2.45) is 0 Å². The highest BCUT2D eigenvalue weighted by molar-refractivity contribution is 5.97. The molecule has 3 aromatic heterocycles. The van der Waals surface area contributed by atoms with Gasteiger partial charge in [0.25, 0.3) is 11.5 Å². The fraction of sp³-hybridized carbons (Fsp3) is 0.217. The number of nitrogens with one attached hydrogen (secondary N) is 2. The fourth-order valence-electron chi connectivity index (χ4n) is 3.68. The molecule has 0 aliphatic rings. The Labute approximate surface area is 173 Å². The van der Waals surface area contributed by atoms with Gasteiger partial charge in [0.2, 0.25) is 0 Å². The Bertz CT molecular complexity index is 1390. The monoisotopic (exact) mass is 401 g/mol. The van der Waals surface area contributed by atoms with Gasteiger partial charge in [0.05, 0.1) is 17.0 Å². The van der Waals surface area contributed by atoms with Gasteiger partial charge in [0.1, 0.15) is 16.8 Å². The first-order valence-corrected chi connectivity index (χ1v) is 9.88. The maximum Gasteiger partial charge on any atom is 0.267 e. The molecule has 30 heavy (non-hydrogen) atoms. The fourth-order valence-corrected chi connectivity index (χ4v) is 3.68. The molecule has 1 amide bonds. The molecule has 0 saturated heterocycles. The summed E-state index contributed by atoms with van der Waals surface area (Å²) in [6, 6.07) is 14.5. The van der Waals surface area contributed by atoms with Crippen molar-refractivity contribution in [3.05, 3.63) is 87.3 Å². The first-order valence-electron chi connectivity index (χ1n) is 9.88. The first-order chi connectivity index (χ1) is 14.4. The van der Waals surface area contributed by atoms with Crippen molar-refractivity contribution in [3.63, 3.8) is 0 Å². The van der Waals surface area contributed by atoms with Gasteiger partial charge in [-0.3, -0.25) is 19.4 Å². The van der Waals surface area contributed by atoms with Gasteiger partial charge >= 0.3 is 0 Å². The normalized spacial score (nSPS) is 12.2. The summed E-state index contributed by atoms with van der Waals surface area (Å²) in [5.41, 5.74) is 2.71. The summed E-state index contributed by atoms with van der Waals surface area (Å²) < 4.78 is 3.08. The highest BCUT2D eigenvalue weighted by Gasteiger charge is 2.19. The van der Waals surface area contributed by atoms with Crippen LogP contribution in [-0.4, -0.2) is 19.9 Å². The van der Waals surface area contributed by atoms with Crippen molar-refractivity contribution >= 4 is 22.6 Å². The molecule has 7 heteroatoms. The van der Waals surface area contributed by atoms with Gasteiger partial charge < -0.3 is 9.88 Å². The Morgan fingerprint density at radius 2 is 1.90 bits per heavy atom. The molecule has 0 radical (unpaired) electrons. The third kappa shape index (κ3) is 3.18. The maximum absolute atomic E-state index is 13.2. The zero-order chi connectivity index (χ0) is 21.4. The number of fused-ring (bicyclic) bond motifs is 2. The molecule has 3 heterocycles. The predicted octanol–water partition coefficient (Wildman–Crippen LogP) is 2.95. The Balaban J connectivity index is 1.89. The van der Waals surface area contributed by atoms with Crippen LogP contribution in [0.15, 0.2) is 59.5 Å². The molecule has 152 valence electrons. The number of nitrogens with zero attached hydrogens (tertiary/aromatic N) is 3. The highest BCUT2D eigenvalue weighted by Crippen LogP contribution is 2.15. The molecule has 1 atom stereocenters. The van der Waals surface area contributed by atoms with Crippen LogP contribution < -0.4 is 16.4 Å². The lowest BCUT2D eigenvalue weighted by molar-refractivity contribution is 0.0937. The summed E-state index contributed by atoms with van der Waals surface area (Å²) in [7, 11) is 0. The van der Waals surface area contributed by atoms with E-state index in [4.69, 9.17) is 5.41 Å². The van der Waals surface area contributed by atoms with E-state index in [9.17, 15) is 9.59 Å². The number of carbonyl (C=O) groups excluding carboxylic acids is 1. The third-order valence-corrected chi connectivity index (χ3v) is 5.34. The number of carbonyl (C=O) groups is 1. The number of benzene rings is 1. The number of rotatable bonds is 4. The average Bonchev–Trinajstić information content (AvgIpc) is 2.75. The van der Waals surface area contributed by atoms with E-state index >= 15 is 0 Å². The van der Waals surface area contributed by atoms with Crippen LogP contribution in [0.1, 0.15) is 41.4 Å². The molecule has 0 saturated carbocycles. The minimum absolute atomic E-state index is 0.0348. The number of hydrogen-bond acceptors (Lipinski definition) is 4. The second kappa shape index (κ2) is 7.59. The molecule has 0 fully saturated rings. The van der Waals surface area contributed by atoms with Crippen molar-refractivity contribution in [1.29, 1.82) is 5.41 Å². The molecule has 1 aromatic carbocycles. The van der Waals surface area contributed by atoms with Gasteiger partial charge in [0.15, 0.2) is 0 Å². The van der Waals surface area contributed by atoms with Crippen LogP contribution in [0.5, 0.6) is 0 Å². The highest BCUT2D eigenvalue weighted by atomic mass is 16.1. The van der Waals surface area contributed by atoms with Crippen LogP contribution >= 0.6 is 0 Å². The van der Waals surface area contributed by atoms with E-state index in [1.165, 1.54) is 10.5 Å². The quantitative estimate of drug-likeness (QED) is 0.515. The van der Waals surface area contributed by atoms with Crippen LogP contribution in [-0.2, 0) is 6.54 Å². The van der Waals surface area contributed by atoms with Gasteiger partial charge in [-0.15, -0.1) is 0 Å². The van der Waals surface area contributed by atoms with E-state index in [1.807, 2.05) is 57.2 Å². The van der Waals surface area contributed by atoms with E-state index < -0.39 is 5.91 Å². The number of hydrogen-bond donors (Lipinski definition) is 2. The molecule has 0 bridgehead atoms. The summed E-state index contributed by atoms with van der Waals surface area (Å²) in [6.07, 6.45) is 1.67. The van der Waals surface area contributed by atoms with Crippen molar-refractivity contribution in [2.45, 2.75) is 33.4 Å². The Kier molecular flexibility index (Phi) is 4.95. The minimum atomic E-state index is -0.394. The molecule has 0 unspecified atom stereocenters. The second-order valence-electron chi connectivity index (χ2n) is 7.30. The van der Waals surface area contributed by atoms with E-state index in [0.717, 1.165) is 11.1 Å². The summed E-state index contributed by atoms with van der Waals surface area (Å²) in [6.45, 7) is 6.06. The molecule has 4 aromatic rings. The average molecular weight is 401 g/mol. The van der Waals surface area contributed by atoms with Gasteiger partial charge in [-0.1, -0.05) is 36.4 Å². The van der Waals surface area contributed by atoms with Crippen LogP contribution in [0, 0.1) is 12.3 Å². The van der Waals surface area contributed by atoms with E-state index in [2.05, 4.69) is 10.3 Å². The first kappa shape index (κ1) is 19.6. The molecule has 0 spiro atoms. The van der Waals surface area contributed by atoms with Gasteiger partial charge in [-0.2, -0.15) is 0 Å². The smallest absolute Gasteiger partial charge is 0.267 e. The van der Waals surface area contributed by atoms with Crippen LogP contribution in [0.2, 0.25) is 0 Å². The predicted molar refractivity (Wildman–Crippen MR) is 116 cm³/mol. The lowest BCUT2D eigenvalue weighted by Gasteiger charge is -2.17. The van der Waals surface area contributed by atoms with E-state index in [-0.39, 0.29) is 22.7 Å². The van der Waals surface area contributed by atoms with Crippen molar-refractivity contribution in [3.8, 4) is 0 Å². The molecule has 4 rings (SSSR count). The maximum atomic E-state index is 13.2. The molecular weight excluding hydrogens is 378 g/mol. The van der Waals surface area contributed by atoms with Crippen molar-refractivity contribution < 1.29 is 4.79 Å². The van der Waals surface area contributed by atoms with Gasteiger partial charge in [-0.05, 0) is 44.0 Å².